The summed E-state index contributed by atoms with van der Waals surface area (Å²) in [6.45, 7) is 4.13. The number of carbonyl (C=O) groups excluding carboxylic acids is 1. The van der Waals surface area contributed by atoms with Crippen LogP contribution in [0.25, 0.3) is 32.7 Å². The van der Waals surface area contributed by atoms with Crippen molar-refractivity contribution < 1.29 is 13.9 Å². The Bertz CT molecular complexity index is 1320. The normalized spacial score (nSPS) is 11.6. The van der Waals surface area contributed by atoms with Gasteiger partial charge in [-0.05, 0) is 44.2 Å². The maximum absolute atomic E-state index is 13.0. The van der Waals surface area contributed by atoms with E-state index in [1.165, 1.54) is 11.3 Å². The summed E-state index contributed by atoms with van der Waals surface area (Å²) in [5.74, 6) is 0.131. The quantitative estimate of drug-likeness (QED) is 0.363. The van der Waals surface area contributed by atoms with E-state index in [1.807, 2.05) is 38.1 Å². The van der Waals surface area contributed by atoms with E-state index in [-0.39, 0.29) is 12.6 Å². The molecule has 30 heavy (non-hydrogen) atoms. The number of benzene rings is 1. The van der Waals surface area contributed by atoms with Crippen molar-refractivity contribution in [3.8, 4) is 11.5 Å². The zero-order valence-corrected chi connectivity index (χ0v) is 17.2. The second-order valence-electron chi connectivity index (χ2n) is 7.10. The molecule has 5 rings (SSSR count). The summed E-state index contributed by atoms with van der Waals surface area (Å²) in [4.78, 5) is 22.2. The molecule has 1 aromatic carbocycles. The summed E-state index contributed by atoms with van der Waals surface area (Å²) in [5.41, 5.74) is 2.48. The molecule has 4 heterocycles. The molecule has 0 N–H and O–H groups in total. The van der Waals surface area contributed by atoms with Gasteiger partial charge in [-0.25, -0.2) is 19.4 Å². The third-order valence-electron chi connectivity index (χ3n) is 4.71. The molecule has 0 aliphatic heterocycles. The molecule has 0 unspecified atom stereocenters. The lowest BCUT2D eigenvalue weighted by Gasteiger charge is -2.09. The topological polar surface area (TPSA) is 83.0 Å². The minimum Gasteiger partial charge on any atom is -0.463 e. The van der Waals surface area contributed by atoms with Crippen molar-refractivity contribution in [2.45, 2.75) is 26.5 Å². The van der Waals surface area contributed by atoms with E-state index in [0.29, 0.717) is 28.1 Å². The Hall–Kier alpha value is -3.52. The molecule has 0 bridgehead atoms. The van der Waals surface area contributed by atoms with Gasteiger partial charge >= 0.3 is 5.97 Å². The average molecular weight is 418 g/mol. The lowest BCUT2D eigenvalue weighted by Crippen LogP contribution is -2.08. The first-order valence-corrected chi connectivity index (χ1v) is 10.4. The number of esters is 1. The summed E-state index contributed by atoms with van der Waals surface area (Å²) in [7, 11) is 0. The molecule has 0 saturated carbocycles. The highest BCUT2D eigenvalue weighted by molar-refractivity contribution is 7.18. The number of carbonyl (C=O) groups is 1. The van der Waals surface area contributed by atoms with Crippen LogP contribution in [0.5, 0.6) is 0 Å². The van der Waals surface area contributed by atoms with Crippen LogP contribution in [0.2, 0.25) is 0 Å². The van der Waals surface area contributed by atoms with Crippen LogP contribution in [-0.4, -0.2) is 25.7 Å². The van der Waals surface area contributed by atoms with Gasteiger partial charge in [0.25, 0.3) is 0 Å². The van der Waals surface area contributed by atoms with Crippen molar-refractivity contribution in [1.82, 2.24) is 19.7 Å². The van der Waals surface area contributed by atoms with Gasteiger partial charge in [0, 0.05) is 6.04 Å². The van der Waals surface area contributed by atoms with Crippen LogP contribution in [-0.2, 0) is 11.3 Å². The Morgan fingerprint density at radius 3 is 2.83 bits per heavy atom. The third kappa shape index (κ3) is 3.25. The minimum atomic E-state index is -0.447. The molecule has 4 aromatic heterocycles. The van der Waals surface area contributed by atoms with Gasteiger partial charge in [0.2, 0.25) is 0 Å². The Kier molecular flexibility index (Phi) is 4.55. The molecule has 0 aliphatic rings. The predicted molar refractivity (Wildman–Crippen MR) is 114 cm³/mol. The lowest BCUT2D eigenvalue weighted by molar-refractivity contribution is 0.0475. The molecule has 0 radical (unpaired) electrons. The van der Waals surface area contributed by atoms with Crippen LogP contribution < -0.4 is 0 Å². The molecule has 150 valence electrons. The summed E-state index contributed by atoms with van der Waals surface area (Å²) in [6.07, 6.45) is 3.23. The van der Waals surface area contributed by atoms with Gasteiger partial charge in [-0.1, -0.05) is 12.1 Å². The standard InChI is InChI=1S/C22H18N4O3S/c1-13(2)26-21-15(11-23-26)14(10-17(25-21)18-7-5-9-28-18)22(27)29-12-20-24-16-6-3-4-8-19(16)30-20/h3-11,13H,12H2,1-2H3. The smallest absolute Gasteiger partial charge is 0.339 e. The highest BCUT2D eigenvalue weighted by atomic mass is 32.1. The van der Waals surface area contributed by atoms with Crippen LogP contribution in [0.3, 0.4) is 0 Å². The number of aromatic nitrogens is 4. The van der Waals surface area contributed by atoms with E-state index >= 15 is 0 Å². The van der Waals surface area contributed by atoms with Gasteiger partial charge < -0.3 is 9.15 Å². The van der Waals surface area contributed by atoms with Crippen LogP contribution in [0.4, 0.5) is 0 Å². The maximum atomic E-state index is 13.0. The van der Waals surface area contributed by atoms with E-state index in [1.54, 1.807) is 35.3 Å². The first-order valence-electron chi connectivity index (χ1n) is 9.54. The van der Waals surface area contributed by atoms with E-state index in [2.05, 4.69) is 15.1 Å². The second kappa shape index (κ2) is 7.38. The fourth-order valence-corrected chi connectivity index (χ4v) is 4.18. The highest BCUT2D eigenvalue weighted by Gasteiger charge is 2.20. The zero-order valence-electron chi connectivity index (χ0n) is 16.4. The number of para-hydroxylation sites is 1. The monoisotopic (exact) mass is 418 g/mol. The van der Waals surface area contributed by atoms with E-state index in [0.717, 1.165) is 15.2 Å². The number of rotatable bonds is 5. The molecule has 8 heteroatoms. The van der Waals surface area contributed by atoms with E-state index < -0.39 is 5.97 Å². The fraction of sp³-hybridized carbons (Fsp3) is 0.182. The van der Waals surface area contributed by atoms with Gasteiger partial charge in [-0.3, -0.25) is 0 Å². The summed E-state index contributed by atoms with van der Waals surface area (Å²) in [6, 6.07) is 13.2. The van der Waals surface area contributed by atoms with Gasteiger partial charge in [-0.15, -0.1) is 11.3 Å². The Morgan fingerprint density at radius 2 is 2.07 bits per heavy atom. The van der Waals surface area contributed by atoms with Gasteiger partial charge in [-0.2, -0.15) is 5.10 Å². The first-order chi connectivity index (χ1) is 14.6. The Labute approximate surface area is 175 Å². The number of fused-ring (bicyclic) bond motifs is 2. The van der Waals surface area contributed by atoms with Gasteiger partial charge in [0.1, 0.15) is 17.3 Å². The summed E-state index contributed by atoms with van der Waals surface area (Å²) in [5, 5.41) is 5.81. The van der Waals surface area contributed by atoms with Crippen LogP contribution in [0.15, 0.2) is 59.3 Å². The molecule has 0 aliphatic carbocycles. The van der Waals surface area contributed by atoms with Crippen molar-refractivity contribution >= 4 is 38.6 Å². The average Bonchev–Trinajstić information content (AvgIpc) is 3.49. The number of hydrogen-bond donors (Lipinski definition) is 0. The summed E-state index contributed by atoms with van der Waals surface area (Å²) < 4.78 is 13.9. The number of thiazole rings is 1. The molecule has 0 spiro atoms. The molecule has 0 atom stereocenters. The van der Waals surface area contributed by atoms with Crippen molar-refractivity contribution in [3.05, 3.63) is 65.5 Å². The largest absolute Gasteiger partial charge is 0.463 e. The van der Waals surface area contributed by atoms with Gasteiger partial charge in [0.05, 0.1) is 33.6 Å². The van der Waals surface area contributed by atoms with Crippen molar-refractivity contribution in [3.63, 3.8) is 0 Å². The van der Waals surface area contributed by atoms with Crippen LogP contribution in [0, 0.1) is 0 Å². The lowest BCUT2D eigenvalue weighted by atomic mass is 10.1. The third-order valence-corrected chi connectivity index (χ3v) is 5.72. The number of furan rings is 1. The maximum Gasteiger partial charge on any atom is 0.339 e. The van der Waals surface area contributed by atoms with Crippen LogP contribution >= 0.6 is 11.3 Å². The molecule has 0 fully saturated rings. The van der Waals surface area contributed by atoms with Crippen LogP contribution in [0.1, 0.15) is 35.3 Å². The highest BCUT2D eigenvalue weighted by Crippen LogP contribution is 2.28. The fourth-order valence-electron chi connectivity index (χ4n) is 3.30. The molecule has 0 amide bonds. The number of pyridine rings is 1. The molecular formula is C22H18N4O3S. The predicted octanol–water partition coefficient (Wildman–Crippen LogP) is 5.24. The summed E-state index contributed by atoms with van der Waals surface area (Å²) >= 11 is 1.52. The molecule has 0 saturated heterocycles. The van der Waals surface area contributed by atoms with Crippen molar-refractivity contribution in [1.29, 1.82) is 0 Å². The SMILES string of the molecule is CC(C)n1ncc2c(C(=O)OCc3nc4ccccc4s3)cc(-c3ccco3)nc21. The Balaban J connectivity index is 1.50. The number of ether oxygens (including phenoxy) is 1. The Morgan fingerprint density at radius 1 is 1.20 bits per heavy atom. The first kappa shape index (κ1) is 18.5. The zero-order chi connectivity index (χ0) is 20.7. The second-order valence-corrected chi connectivity index (χ2v) is 8.22. The number of nitrogens with zero attached hydrogens (tertiary/aromatic N) is 4. The van der Waals surface area contributed by atoms with Crippen molar-refractivity contribution in [2.75, 3.05) is 0 Å². The molecule has 5 aromatic rings. The van der Waals surface area contributed by atoms with Crippen molar-refractivity contribution in [2.24, 2.45) is 0 Å². The van der Waals surface area contributed by atoms with E-state index in [4.69, 9.17) is 9.15 Å². The minimum absolute atomic E-state index is 0.0912. The van der Waals surface area contributed by atoms with Gasteiger partial charge in [0.15, 0.2) is 11.4 Å². The van der Waals surface area contributed by atoms with E-state index in [9.17, 15) is 4.79 Å². The molecular weight excluding hydrogens is 400 g/mol. The molecule has 7 nitrogen and oxygen atoms in total. The number of hydrogen-bond acceptors (Lipinski definition) is 7.